The van der Waals surface area contributed by atoms with E-state index in [2.05, 4.69) is 30.2 Å². The van der Waals surface area contributed by atoms with Gasteiger partial charge in [0.15, 0.2) is 0 Å². The van der Waals surface area contributed by atoms with Gasteiger partial charge in [0.25, 0.3) is 0 Å². The summed E-state index contributed by atoms with van der Waals surface area (Å²) in [6.07, 6.45) is 11.5. The standard InChI is InChI=1S/C18H28N2O/c1-3-20-17(16-10-14(2)12-19-13-16)15-6-9-21-18(11-15)7-4-5-8-18/h10,12-13,15,17,20H,3-9,11H2,1-2H3. The van der Waals surface area contributed by atoms with E-state index in [1.54, 1.807) is 0 Å². The molecule has 0 aromatic carbocycles. The van der Waals surface area contributed by atoms with Crippen LogP contribution in [-0.2, 0) is 4.74 Å². The third kappa shape index (κ3) is 3.29. The van der Waals surface area contributed by atoms with Crippen LogP contribution in [-0.4, -0.2) is 23.7 Å². The molecule has 1 N–H and O–H groups in total. The SMILES string of the molecule is CCNC(c1cncc(C)c1)C1CCOC2(CCCC2)C1. The molecule has 3 rings (SSSR count). The van der Waals surface area contributed by atoms with Gasteiger partial charge in [-0.1, -0.05) is 25.8 Å². The number of rotatable bonds is 4. The van der Waals surface area contributed by atoms with Crippen LogP contribution in [0.2, 0.25) is 0 Å². The molecule has 0 radical (unpaired) electrons. The maximum atomic E-state index is 6.20. The quantitative estimate of drug-likeness (QED) is 0.915. The van der Waals surface area contributed by atoms with Crippen LogP contribution < -0.4 is 5.32 Å². The smallest absolute Gasteiger partial charge is 0.0686 e. The van der Waals surface area contributed by atoms with Gasteiger partial charge in [0.1, 0.15) is 0 Å². The zero-order valence-corrected chi connectivity index (χ0v) is 13.4. The minimum absolute atomic E-state index is 0.188. The fourth-order valence-electron chi connectivity index (χ4n) is 4.24. The van der Waals surface area contributed by atoms with Crippen LogP contribution in [0.5, 0.6) is 0 Å². The minimum atomic E-state index is 0.188. The van der Waals surface area contributed by atoms with Crippen molar-refractivity contribution in [3.8, 4) is 0 Å². The van der Waals surface area contributed by atoms with Crippen LogP contribution in [0, 0.1) is 12.8 Å². The van der Waals surface area contributed by atoms with Crippen molar-refractivity contribution in [3.05, 3.63) is 29.6 Å². The number of hydrogen-bond acceptors (Lipinski definition) is 3. The summed E-state index contributed by atoms with van der Waals surface area (Å²) in [5, 5.41) is 3.71. The van der Waals surface area contributed by atoms with Crippen LogP contribution in [0.25, 0.3) is 0 Å². The lowest BCUT2D eigenvalue weighted by molar-refractivity contribution is -0.0981. The monoisotopic (exact) mass is 288 g/mol. The molecule has 2 fully saturated rings. The van der Waals surface area contributed by atoms with Crippen LogP contribution in [0.15, 0.2) is 18.5 Å². The molecule has 0 bridgehead atoms. The normalized spacial score (nSPS) is 26.1. The molecular weight excluding hydrogens is 260 g/mol. The van der Waals surface area contributed by atoms with E-state index in [9.17, 15) is 0 Å². The Bertz CT molecular complexity index is 468. The average molecular weight is 288 g/mol. The summed E-state index contributed by atoms with van der Waals surface area (Å²) in [6, 6.07) is 2.71. The van der Waals surface area contributed by atoms with Crippen molar-refractivity contribution in [3.63, 3.8) is 0 Å². The molecule has 2 heterocycles. The molecule has 21 heavy (non-hydrogen) atoms. The predicted octanol–water partition coefficient (Wildman–Crippen LogP) is 3.78. The van der Waals surface area contributed by atoms with E-state index in [-0.39, 0.29) is 5.60 Å². The zero-order chi connectivity index (χ0) is 14.7. The van der Waals surface area contributed by atoms with Gasteiger partial charge in [0, 0.05) is 25.0 Å². The Kier molecular flexibility index (Phi) is 4.60. The molecule has 3 heteroatoms. The van der Waals surface area contributed by atoms with Crippen LogP contribution >= 0.6 is 0 Å². The first-order valence-corrected chi connectivity index (χ1v) is 8.51. The van der Waals surface area contributed by atoms with Gasteiger partial charge in [-0.15, -0.1) is 0 Å². The zero-order valence-electron chi connectivity index (χ0n) is 13.4. The highest BCUT2D eigenvalue weighted by atomic mass is 16.5. The second kappa shape index (κ2) is 6.45. The Morgan fingerprint density at radius 3 is 2.90 bits per heavy atom. The maximum absolute atomic E-state index is 6.20. The molecule has 1 saturated heterocycles. The van der Waals surface area contributed by atoms with Crippen molar-refractivity contribution < 1.29 is 4.74 Å². The van der Waals surface area contributed by atoms with Crippen molar-refractivity contribution in [2.45, 2.75) is 64.0 Å². The molecule has 1 aromatic heterocycles. The second-order valence-corrected chi connectivity index (χ2v) is 6.82. The van der Waals surface area contributed by atoms with Crippen LogP contribution in [0.4, 0.5) is 0 Å². The van der Waals surface area contributed by atoms with E-state index in [0.29, 0.717) is 12.0 Å². The van der Waals surface area contributed by atoms with Gasteiger partial charge in [0.2, 0.25) is 0 Å². The third-order valence-electron chi connectivity index (χ3n) is 5.20. The van der Waals surface area contributed by atoms with Gasteiger partial charge >= 0.3 is 0 Å². The predicted molar refractivity (Wildman–Crippen MR) is 85.3 cm³/mol. The summed E-state index contributed by atoms with van der Waals surface area (Å²) < 4.78 is 6.20. The molecular formula is C18H28N2O. The molecule has 1 aliphatic carbocycles. The Morgan fingerprint density at radius 2 is 2.19 bits per heavy atom. The molecule has 2 aliphatic rings. The molecule has 2 unspecified atom stereocenters. The summed E-state index contributed by atoms with van der Waals surface area (Å²) >= 11 is 0. The molecule has 116 valence electrons. The highest BCUT2D eigenvalue weighted by Crippen LogP contribution is 2.45. The number of nitrogens with zero attached hydrogens (tertiary/aromatic N) is 1. The van der Waals surface area contributed by atoms with Crippen LogP contribution in [0.3, 0.4) is 0 Å². The molecule has 1 aliphatic heterocycles. The summed E-state index contributed by atoms with van der Waals surface area (Å²) in [4.78, 5) is 4.40. The summed E-state index contributed by atoms with van der Waals surface area (Å²) in [7, 11) is 0. The Hall–Kier alpha value is -0.930. The molecule has 1 saturated carbocycles. The topological polar surface area (TPSA) is 34.2 Å². The lowest BCUT2D eigenvalue weighted by atomic mass is 9.78. The van der Waals surface area contributed by atoms with Crippen molar-refractivity contribution >= 4 is 0 Å². The molecule has 3 nitrogen and oxygen atoms in total. The minimum Gasteiger partial charge on any atom is -0.375 e. The van der Waals surface area contributed by atoms with E-state index in [1.807, 2.05) is 12.4 Å². The van der Waals surface area contributed by atoms with Crippen molar-refractivity contribution in [2.75, 3.05) is 13.2 Å². The first kappa shape index (κ1) is 15.0. The van der Waals surface area contributed by atoms with Crippen molar-refractivity contribution in [2.24, 2.45) is 5.92 Å². The molecule has 1 aromatic rings. The molecule has 0 amide bonds. The first-order valence-electron chi connectivity index (χ1n) is 8.51. The van der Waals surface area contributed by atoms with Gasteiger partial charge in [-0.25, -0.2) is 0 Å². The van der Waals surface area contributed by atoms with Gasteiger partial charge in [-0.3, -0.25) is 4.98 Å². The van der Waals surface area contributed by atoms with E-state index < -0.39 is 0 Å². The van der Waals surface area contributed by atoms with E-state index in [0.717, 1.165) is 19.6 Å². The van der Waals surface area contributed by atoms with E-state index in [4.69, 9.17) is 4.74 Å². The summed E-state index contributed by atoms with van der Waals surface area (Å²) in [5.41, 5.74) is 2.78. The molecule has 1 spiro atoms. The fraction of sp³-hybridized carbons (Fsp3) is 0.722. The number of aromatic nitrogens is 1. The average Bonchev–Trinajstić information content (AvgIpc) is 2.92. The number of nitrogens with one attached hydrogen (secondary N) is 1. The number of ether oxygens (including phenoxy) is 1. The third-order valence-corrected chi connectivity index (χ3v) is 5.20. The Labute approximate surface area is 128 Å². The van der Waals surface area contributed by atoms with Crippen LogP contribution in [0.1, 0.15) is 62.6 Å². The van der Waals surface area contributed by atoms with Gasteiger partial charge in [0.05, 0.1) is 5.60 Å². The lowest BCUT2D eigenvalue weighted by Crippen LogP contribution is -2.42. The Morgan fingerprint density at radius 1 is 1.38 bits per heavy atom. The van der Waals surface area contributed by atoms with Crippen molar-refractivity contribution in [1.82, 2.24) is 10.3 Å². The van der Waals surface area contributed by atoms with E-state index in [1.165, 1.54) is 43.2 Å². The second-order valence-electron chi connectivity index (χ2n) is 6.82. The lowest BCUT2D eigenvalue weighted by Gasteiger charge is -2.41. The molecule has 2 atom stereocenters. The van der Waals surface area contributed by atoms with Gasteiger partial charge < -0.3 is 10.1 Å². The van der Waals surface area contributed by atoms with Gasteiger partial charge in [-0.05, 0) is 56.2 Å². The highest BCUT2D eigenvalue weighted by Gasteiger charge is 2.42. The largest absolute Gasteiger partial charge is 0.375 e. The van der Waals surface area contributed by atoms with Gasteiger partial charge in [-0.2, -0.15) is 0 Å². The van der Waals surface area contributed by atoms with E-state index >= 15 is 0 Å². The Balaban J connectivity index is 1.80. The maximum Gasteiger partial charge on any atom is 0.0686 e. The number of aryl methyl sites for hydroxylation is 1. The number of pyridine rings is 1. The van der Waals surface area contributed by atoms with Crippen molar-refractivity contribution in [1.29, 1.82) is 0 Å². The summed E-state index contributed by atoms with van der Waals surface area (Å²) in [6.45, 7) is 6.25. The fourth-order valence-corrected chi connectivity index (χ4v) is 4.24. The highest BCUT2D eigenvalue weighted by molar-refractivity contribution is 5.21. The summed E-state index contributed by atoms with van der Waals surface area (Å²) in [5.74, 6) is 0.667. The number of hydrogen-bond donors (Lipinski definition) is 1. The first-order chi connectivity index (χ1) is 10.2.